The van der Waals surface area contributed by atoms with Gasteiger partial charge in [-0.1, -0.05) is 11.6 Å². The van der Waals surface area contributed by atoms with Crippen LogP contribution in [0.5, 0.6) is 0 Å². The standard InChI is InChI=1S/C14H11BrClF2N3O2/c1-6-3-8(15)13(19-5-6)20-12-7(14(22)21-23-2)4-9(16)10(17)11(12)18/h3-5H,1-2H3,(H,19,20)(H,21,22). The van der Waals surface area contributed by atoms with Gasteiger partial charge in [-0.3, -0.25) is 9.63 Å². The third-order valence-corrected chi connectivity index (χ3v) is 3.70. The molecule has 2 rings (SSSR count). The average molecular weight is 407 g/mol. The Morgan fingerprint density at radius 3 is 2.65 bits per heavy atom. The number of anilines is 2. The van der Waals surface area contributed by atoms with E-state index < -0.39 is 28.3 Å². The van der Waals surface area contributed by atoms with Crippen LogP contribution in [0.4, 0.5) is 20.3 Å². The predicted octanol–water partition coefficient (Wildman–Crippen LogP) is 4.12. The smallest absolute Gasteiger partial charge is 0.277 e. The van der Waals surface area contributed by atoms with Crippen molar-refractivity contribution in [2.45, 2.75) is 6.92 Å². The molecule has 0 fully saturated rings. The quantitative estimate of drug-likeness (QED) is 0.592. The van der Waals surface area contributed by atoms with E-state index in [0.717, 1.165) is 11.6 Å². The van der Waals surface area contributed by atoms with Crippen LogP contribution in [0.25, 0.3) is 0 Å². The first-order valence-corrected chi connectivity index (χ1v) is 7.42. The first-order valence-electron chi connectivity index (χ1n) is 6.25. The van der Waals surface area contributed by atoms with Gasteiger partial charge in [0.25, 0.3) is 5.91 Å². The maximum Gasteiger partial charge on any atom is 0.277 e. The Hall–Kier alpha value is -1.77. The number of aromatic nitrogens is 1. The number of aryl methyl sites for hydroxylation is 1. The predicted molar refractivity (Wildman–Crippen MR) is 85.8 cm³/mol. The number of halogens is 4. The molecular weight excluding hydrogens is 396 g/mol. The van der Waals surface area contributed by atoms with Crippen LogP contribution in [0.2, 0.25) is 5.02 Å². The van der Waals surface area contributed by atoms with E-state index >= 15 is 0 Å². The van der Waals surface area contributed by atoms with Crippen LogP contribution < -0.4 is 10.8 Å². The molecule has 0 bridgehead atoms. The highest BCUT2D eigenvalue weighted by Gasteiger charge is 2.23. The van der Waals surface area contributed by atoms with E-state index in [1.165, 1.54) is 13.3 Å². The van der Waals surface area contributed by atoms with Gasteiger partial charge < -0.3 is 5.32 Å². The zero-order chi connectivity index (χ0) is 17.1. The first-order chi connectivity index (χ1) is 10.8. The van der Waals surface area contributed by atoms with E-state index in [4.69, 9.17) is 11.6 Å². The Kier molecular flexibility index (Phi) is 5.51. The summed E-state index contributed by atoms with van der Waals surface area (Å²) in [5, 5.41) is 2.07. The van der Waals surface area contributed by atoms with Crippen molar-refractivity contribution in [2.24, 2.45) is 0 Å². The van der Waals surface area contributed by atoms with Crippen molar-refractivity contribution in [3.8, 4) is 0 Å². The second-order valence-corrected chi connectivity index (χ2v) is 5.77. The summed E-state index contributed by atoms with van der Waals surface area (Å²) in [7, 11) is 1.21. The third kappa shape index (κ3) is 3.77. The number of rotatable bonds is 4. The third-order valence-electron chi connectivity index (χ3n) is 2.82. The summed E-state index contributed by atoms with van der Waals surface area (Å²) < 4.78 is 28.5. The molecule has 0 unspecified atom stereocenters. The van der Waals surface area contributed by atoms with Gasteiger partial charge in [0.2, 0.25) is 0 Å². The molecule has 0 saturated carbocycles. The van der Waals surface area contributed by atoms with E-state index in [1.807, 2.05) is 12.4 Å². The average Bonchev–Trinajstić information content (AvgIpc) is 2.50. The maximum atomic E-state index is 14.2. The van der Waals surface area contributed by atoms with E-state index in [1.54, 1.807) is 6.07 Å². The van der Waals surface area contributed by atoms with Crippen LogP contribution in [0.15, 0.2) is 22.8 Å². The van der Waals surface area contributed by atoms with Gasteiger partial charge in [0.15, 0.2) is 11.6 Å². The molecule has 0 radical (unpaired) electrons. The Morgan fingerprint density at radius 2 is 2.04 bits per heavy atom. The topological polar surface area (TPSA) is 63.2 Å². The molecule has 5 nitrogen and oxygen atoms in total. The van der Waals surface area contributed by atoms with Gasteiger partial charge in [-0.15, -0.1) is 0 Å². The van der Waals surface area contributed by atoms with Crippen molar-refractivity contribution in [1.29, 1.82) is 0 Å². The van der Waals surface area contributed by atoms with Gasteiger partial charge in [0.1, 0.15) is 5.82 Å². The number of hydrogen-bond donors (Lipinski definition) is 2. The number of carbonyl (C=O) groups excluding carboxylic acids is 1. The molecule has 1 aromatic carbocycles. The number of benzene rings is 1. The van der Waals surface area contributed by atoms with Gasteiger partial charge in [-0.25, -0.2) is 19.2 Å². The number of hydrogen-bond acceptors (Lipinski definition) is 4. The summed E-state index contributed by atoms with van der Waals surface area (Å²) in [6, 6.07) is 2.73. The Morgan fingerprint density at radius 1 is 1.35 bits per heavy atom. The van der Waals surface area contributed by atoms with Gasteiger partial charge in [0.05, 0.1) is 27.9 Å². The Bertz CT molecular complexity index is 774. The van der Waals surface area contributed by atoms with Gasteiger partial charge in [0, 0.05) is 6.20 Å². The molecule has 2 N–H and O–H groups in total. The molecule has 0 spiro atoms. The molecule has 0 atom stereocenters. The van der Waals surface area contributed by atoms with E-state index in [2.05, 4.69) is 31.1 Å². The molecule has 1 aromatic heterocycles. The molecule has 0 aliphatic rings. The minimum Gasteiger partial charge on any atom is -0.336 e. The summed E-state index contributed by atoms with van der Waals surface area (Å²) >= 11 is 8.86. The summed E-state index contributed by atoms with van der Waals surface area (Å²) in [6.45, 7) is 1.82. The molecule has 1 amide bonds. The van der Waals surface area contributed by atoms with Crippen molar-refractivity contribution in [3.05, 3.63) is 50.6 Å². The van der Waals surface area contributed by atoms with Crippen LogP contribution in [0.1, 0.15) is 15.9 Å². The van der Waals surface area contributed by atoms with Crippen molar-refractivity contribution >= 4 is 44.9 Å². The monoisotopic (exact) mass is 405 g/mol. The molecule has 0 aliphatic carbocycles. The molecular formula is C14H11BrClF2N3O2. The normalized spacial score (nSPS) is 10.5. The lowest BCUT2D eigenvalue weighted by atomic mass is 10.1. The molecule has 2 aromatic rings. The highest BCUT2D eigenvalue weighted by Crippen LogP contribution is 2.32. The second kappa shape index (κ2) is 7.20. The minimum absolute atomic E-state index is 0.211. The SMILES string of the molecule is CONC(=O)c1cc(Cl)c(F)c(F)c1Nc1ncc(C)cc1Br. The molecule has 0 saturated heterocycles. The van der Waals surface area contributed by atoms with E-state index in [-0.39, 0.29) is 11.4 Å². The zero-order valence-electron chi connectivity index (χ0n) is 12.0. The molecule has 122 valence electrons. The van der Waals surface area contributed by atoms with Gasteiger partial charge >= 0.3 is 0 Å². The van der Waals surface area contributed by atoms with Crippen LogP contribution in [0.3, 0.4) is 0 Å². The van der Waals surface area contributed by atoms with Crippen molar-refractivity contribution in [2.75, 3.05) is 12.4 Å². The maximum absolute atomic E-state index is 14.2. The fourth-order valence-corrected chi connectivity index (χ4v) is 2.54. The van der Waals surface area contributed by atoms with Gasteiger partial charge in [-0.05, 0) is 40.5 Å². The number of pyridine rings is 1. The van der Waals surface area contributed by atoms with Gasteiger partial charge in [-0.2, -0.15) is 0 Å². The molecule has 0 aliphatic heterocycles. The number of hydroxylamine groups is 1. The summed E-state index contributed by atoms with van der Waals surface area (Å²) in [5.41, 5.74) is 2.25. The number of amides is 1. The first kappa shape index (κ1) is 17.6. The fraction of sp³-hybridized carbons (Fsp3) is 0.143. The minimum atomic E-state index is -1.30. The van der Waals surface area contributed by atoms with Crippen molar-refractivity contribution in [3.63, 3.8) is 0 Å². The van der Waals surface area contributed by atoms with Crippen LogP contribution >= 0.6 is 27.5 Å². The lowest BCUT2D eigenvalue weighted by Gasteiger charge is -2.14. The Balaban J connectivity index is 2.55. The van der Waals surface area contributed by atoms with Crippen LogP contribution in [-0.2, 0) is 4.84 Å². The summed E-state index contributed by atoms with van der Waals surface area (Å²) in [4.78, 5) is 20.5. The highest BCUT2D eigenvalue weighted by atomic mass is 79.9. The van der Waals surface area contributed by atoms with Crippen molar-refractivity contribution < 1.29 is 18.4 Å². The number of nitrogens with one attached hydrogen (secondary N) is 2. The Labute approximate surface area is 144 Å². The van der Waals surface area contributed by atoms with Crippen molar-refractivity contribution in [1.82, 2.24) is 10.5 Å². The van der Waals surface area contributed by atoms with Crippen LogP contribution in [-0.4, -0.2) is 18.0 Å². The molecule has 9 heteroatoms. The van der Waals surface area contributed by atoms with E-state index in [9.17, 15) is 13.6 Å². The second-order valence-electron chi connectivity index (χ2n) is 4.51. The molecule has 23 heavy (non-hydrogen) atoms. The largest absolute Gasteiger partial charge is 0.336 e. The highest BCUT2D eigenvalue weighted by molar-refractivity contribution is 9.10. The molecule has 1 heterocycles. The lowest BCUT2D eigenvalue weighted by Crippen LogP contribution is -2.23. The summed E-state index contributed by atoms with van der Waals surface area (Å²) in [5.74, 6) is -3.15. The zero-order valence-corrected chi connectivity index (χ0v) is 14.3. The summed E-state index contributed by atoms with van der Waals surface area (Å²) in [6.07, 6.45) is 1.53. The van der Waals surface area contributed by atoms with E-state index in [0.29, 0.717) is 4.47 Å². The lowest BCUT2D eigenvalue weighted by molar-refractivity contribution is 0.0538. The fourth-order valence-electron chi connectivity index (χ4n) is 1.79. The number of nitrogens with zero attached hydrogens (tertiary/aromatic N) is 1. The van der Waals surface area contributed by atoms with Crippen LogP contribution in [0, 0.1) is 18.6 Å². The number of carbonyl (C=O) groups is 1.